The molecule has 28 heavy (non-hydrogen) atoms. The van der Waals surface area contributed by atoms with E-state index in [1.165, 1.54) is 16.3 Å². The molecule has 5 rings (SSSR count). The van der Waals surface area contributed by atoms with Gasteiger partial charge in [-0.3, -0.25) is 14.7 Å². The molecule has 0 bridgehead atoms. The summed E-state index contributed by atoms with van der Waals surface area (Å²) in [6.45, 7) is 4.45. The Hall–Kier alpha value is -3.18. The highest BCUT2D eigenvalue weighted by Gasteiger charge is 2.27. The average Bonchev–Trinajstić information content (AvgIpc) is 3.05. The van der Waals surface area contributed by atoms with Gasteiger partial charge < -0.3 is 5.32 Å². The van der Waals surface area contributed by atoms with Gasteiger partial charge in [-0.05, 0) is 22.4 Å². The molecule has 2 heterocycles. The number of hydrogen-bond acceptors (Lipinski definition) is 4. The van der Waals surface area contributed by atoms with Gasteiger partial charge >= 0.3 is 0 Å². The van der Waals surface area contributed by atoms with Crippen molar-refractivity contribution in [3.8, 4) is 0 Å². The summed E-state index contributed by atoms with van der Waals surface area (Å²) in [7, 11) is 0. The second kappa shape index (κ2) is 7.09. The minimum absolute atomic E-state index is 0.112. The number of fused-ring (bicyclic) bond motifs is 2. The van der Waals surface area contributed by atoms with Gasteiger partial charge in [0, 0.05) is 38.3 Å². The van der Waals surface area contributed by atoms with Gasteiger partial charge in [0.1, 0.15) is 0 Å². The molecule has 5 heteroatoms. The molecule has 5 nitrogen and oxygen atoms in total. The van der Waals surface area contributed by atoms with Gasteiger partial charge in [0.2, 0.25) is 0 Å². The summed E-state index contributed by atoms with van der Waals surface area (Å²) < 4.78 is 0. The van der Waals surface area contributed by atoms with Crippen LogP contribution < -0.4 is 5.32 Å². The second-order valence-electron chi connectivity index (χ2n) is 7.32. The minimum Gasteiger partial charge on any atom is -0.320 e. The van der Waals surface area contributed by atoms with E-state index in [0.29, 0.717) is 5.71 Å². The van der Waals surface area contributed by atoms with Crippen molar-refractivity contribution in [2.24, 2.45) is 5.10 Å². The third-order valence-electron chi connectivity index (χ3n) is 5.51. The van der Waals surface area contributed by atoms with Crippen molar-refractivity contribution < 1.29 is 4.79 Å². The number of rotatable bonds is 3. The number of piperazine rings is 1. The fourth-order valence-electron chi connectivity index (χ4n) is 4.01. The summed E-state index contributed by atoms with van der Waals surface area (Å²) >= 11 is 0. The van der Waals surface area contributed by atoms with Crippen LogP contribution in [-0.2, 0) is 11.3 Å². The molecule has 0 unspecified atom stereocenters. The number of carbonyl (C=O) groups excluding carboxylic acids is 1. The number of carbonyl (C=O) groups is 1. The fraction of sp³-hybridized carbons (Fsp3) is 0.217. The fourth-order valence-corrected chi connectivity index (χ4v) is 4.01. The van der Waals surface area contributed by atoms with E-state index in [1.807, 2.05) is 29.3 Å². The van der Waals surface area contributed by atoms with E-state index in [0.717, 1.165) is 44.0 Å². The van der Waals surface area contributed by atoms with Crippen molar-refractivity contribution in [1.29, 1.82) is 0 Å². The number of nitrogens with one attached hydrogen (secondary N) is 1. The number of hydrazone groups is 1. The molecule has 0 aliphatic carbocycles. The van der Waals surface area contributed by atoms with Crippen LogP contribution in [0.1, 0.15) is 11.1 Å². The summed E-state index contributed by atoms with van der Waals surface area (Å²) in [6.07, 6.45) is 0. The normalized spacial score (nSPS) is 18.5. The molecule has 1 saturated heterocycles. The largest absolute Gasteiger partial charge is 0.320 e. The van der Waals surface area contributed by atoms with Crippen molar-refractivity contribution in [1.82, 2.24) is 9.91 Å². The van der Waals surface area contributed by atoms with Gasteiger partial charge in [0.25, 0.3) is 5.91 Å². The van der Waals surface area contributed by atoms with Crippen molar-refractivity contribution >= 4 is 28.1 Å². The zero-order valence-corrected chi connectivity index (χ0v) is 15.6. The molecule has 0 saturated carbocycles. The first-order valence-corrected chi connectivity index (χ1v) is 9.71. The van der Waals surface area contributed by atoms with E-state index < -0.39 is 0 Å². The smallest absolute Gasteiger partial charge is 0.276 e. The SMILES string of the molecule is O=C1Nc2ccccc2/C1=N/N1CCN(Cc2cccc3ccccc23)CC1. The summed E-state index contributed by atoms with van der Waals surface area (Å²) in [5.74, 6) is -0.112. The highest BCUT2D eigenvalue weighted by Crippen LogP contribution is 2.24. The predicted octanol–water partition coefficient (Wildman–Crippen LogP) is 3.31. The quantitative estimate of drug-likeness (QED) is 0.769. The molecule has 1 fully saturated rings. The molecule has 0 radical (unpaired) electrons. The Bertz CT molecular complexity index is 1060. The Morgan fingerprint density at radius 2 is 1.61 bits per heavy atom. The lowest BCUT2D eigenvalue weighted by atomic mass is 10.0. The maximum atomic E-state index is 12.3. The van der Waals surface area contributed by atoms with Crippen LogP contribution in [0.3, 0.4) is 0 Å². The van der Waals surface area contributed by atoms with E-state index in [1.54, 1.807) is 0 Å². The zero-order chi connectivity index (χ0) is 18.9. The molecule has 140 valence electrons. The molecule has 2 aliphatic rings. The number of nitrogens with zero attached hydrogens (tertiary/aromatic N) is 3. The lowest BCUT2D eigenvalue weighted by molar-refractivity contribution is -0.110. The van der Waals surface area contributed by atoms with Gasteiger partial charge in [0.15, 0.2) is 5.71 Å². The van der Waals surface area contributed by atoms with Gasteiger partial charge in [-0.25, -0.2) is 0 Å². The Kier molecular flexibility index (Phi) is 4.29. The van der Waals surface area contributed by atoms with Crippen LogP contribution in [0.2, 0.25) is 0 Å². The maximum absolute atomic E-state index is 12.3. The molecule has 1 N–H and O–H groups in total. The van der Waals surface area contributed by atoms with Crippen molar-refractivity contribution in [2.75, 3.05) is 31.5 Å². The molecular weight excluding hydrogens is 348 g/mol. The molecule has 0 aromatic heterocycles. The van der Waals surface area contributed by atoms with Gasteiger partial charge in [-0.15, -0.1) is 0 Å². The summed E-state index contributed by atoms with van der Waals surface area (Å²) in [6, 6.07) is 22.8. The highest BCUT2D eigenvalue weighted by molar-refractivity contribution is 6.53. The average molecular weight is 370 g/mol. The standard InChI is InChI=1S/C23H22N4O/c28-23-22(20-10-3-4-11-21(20)24-23)25-27-14-12-26(13-15-27)16-18-8-5-7-17-6-1-2-9-19(17)18/h1-11H,12-16H2,(H,24,25,28). The predicted molar refractivity (Wildman–Crippen MR) is 112 cm³/mol. The zero-order valence-electron chi connectivity index (χ0n) is 15.6. The number of anilines is 1. The van der Waals surface area contributed by atoms with Gasteiger partial charge in [-0.2, -0.15) is 5.10 Å². The maximum Gasteiger partial charge on any atom is 0.276 e. The van der Waals surface area contributed by atoms with Crippen LogP contribution in [0, 0.1) is 0 Å². The molecular formula is C23H22N4O. The van der Waals surface area contributed by atoms with E-state index >= 15 is 0 Å². The molecule has 3 aromatic rings. The summed E-state index contributed by atoms with van der Waals surface area (Å²) in [5.41, 5.74) is 3.63. The van der Waals surface area contributed by atoms with Crippen LogP contribution in [0.5, 0.6) is 0 Å². The van der Waals surface area contributed by atoms with E-state index in [2.05, 4.69) is 57.8 Å². The highest BCUT2D eigenvalue weighted by atomic mass is 16.2. The van der Waals surface area contributed by atoms with Gasteiger partial charge in [-0.1, -0.05) is 60.7 Å². The van der Waals surface area contributed by atoms with Crippen LogP contribution in [0.4, 0.5) is 5.69 Å². The molecule has 2 aliphatic heterocycles. The molecule has 3 aromatic carbocycles. The third kappa shape index (κ3) is 3.14. The van der Waals surface area contributed by atoms with E-state index in [4.69, 9.17) is 0 Å². The Morgan fingerprint density at radius 3 is 2.50 bits per heavy atom. The molecule has 1 amide bonds. The molecule has 0 atom stereocenters. The second-order valence-corrected chi connectivity index (χ2v) is 7.32. The Balaban J connectivity index is 1.28. The number of amides is 1. The van der Waals surface area contributed by atoms with Crippen molar-refractivity contribution in [3.05, 3.63) is 77.9 Å². The topological polar surface area (TPSA) is 47.9 Å². The minimum atomic E-state index is -0.112. The van der Waals surface area contributed by atoms with Crippen molar-refractivity contribution in [3.63, 3.8) is 0 Å². The summed E-state index contributed by atoms with van der Waals surface area (Å²) in [5, 5.41) is 12.2. The Labute approximate surface area is 164 Å². The molecule has 0 spiro atoms. The third-order valence-corrected chi connectivity index (χ3v) is 5.51. The first kappa shape index (κ1) is 17.0. The number of benzene rings is 3. The van der Waals surface area contributed by atoms with Crippen LogP contribution in [0.15, 0.2) is 71.8 Å². The van der Waals surface area contributed by atoms with Crippen LogP contribution >= 0.6 is 0 Å². The van der Waals surface area contributed by atoms with E-state index in [-0.39, 0.29) is 5.91 Å². The van der Waals surface area contributed by atoms with Crippen LogP contribution in [0.25, 0.3) is 10.8 Å². The van der Waals surface area contributed by atoms with Gasteiger partial charge in [0.05, 0.1) is 5.69 Å². The lowest BCUT2D eigenvalue weighted by Crippen LogP contribution is -2.44. The number of hydrogen-bond donors (Lipinski definition) is 1. The summed E-state index contributed by atoms with van der Waals surface area (Å²) in [4.78, 5) is 14.7. The lowest BCUT2D eigenvalue weighted by Gasteiger charge is -2.33. The first-order chi connectivity index (χ1) is 13.8. The first-order valence-electron chi connectivity index (χ1n) is 9.71. The Morgan fingerprint density at radius 1 is 0.857 bits per heavy atom. The van der Waals surface area contributed by atoms with E-state index in [9.17, 15) is 4.79 Å². The van der Waals surface area contributed by atoms with Crippen LogP contribution in [-0.4, -0.2) is 47.7 Å². The monoisotopic (exact) mass is 370 g/mol. The van der Waals surface area contributed by atoms with Crippen molar-refractivity contribution in [2.45, 2.75) is 6.54 Å². The number of para-hydroxylation sites is 1.